The van der Waals surface area contributed by atoms with Gasteiger partial charge in [-0.3, -0.25) is 4.90 Å². The highest BCUT2D eigenvalue weighted by atomic mass is 35.5. The summed E-state index contributed by atoms with van der Waals surface area (Å²) in [6, 6.07) is 14.9. The SMILES string of the molecule is Cl.OC[C@H](c1cccc2ccccc12)N1CCNCC1. The molecule has 0 unspecified atom stereocenters. The van der Waals surface area contributed by atoms with E-state index in [1.54, 1.807) is 0 Å². The van der Waals surface area contributed by atoms with Gasteiger partial charge in [-0.05, 0) is 16.3 Å². The molecule has 108 valence electrons. The van der Waals surface area contributed by atoms with E-state index in [4.69, 9.17) is 0 Å². The fourth-order valence-electron chi connectivity index (χ4n) is 2.95. The number of hydrogen-bond acceptors (Lipinski definition) is 3. The van der Waals surface area contributed by atoms with E-state index in [2.05, 4.69) is 52.7 Å². The summed E-state index contributed by atoms with van der Waals surface area (Å²) in [5.41, 5.74) is 1.24. The molecule has 0 aromatic heterocycles. The zero-order chi connectivity index (χ0) is 13.1. The summed E-state index contributed by atoms with van der Waals surface area (Å²) in [5, 5.41) is 15.7. The number of fused-ring (bicyclic) bond motifs is 1. The fourth-order valence-corrected chi connectivity index (χ4v) is 2.95. The predicted molar refractivity (Wildman–Crippen MR) is 85.5 cm³/mol. The molecule has 0 saturated carbocycles. The summed E-state index contributed by atoms with van der Waals surface area (Å²) in [6.07, 6.45) is 0. The molecule has 0 bridgehead atoms. The molecule has 2 aromatic carbocycles. The lowest BCUT2D eigenvalue weighted by atomic mass is 9.97. The zero-order valence-corrected chi connectivity index (χ0v) is 12.3. The van der Waals surface area contributed by atoms with E-state index in [0.717, 1.165) is 26.2 Å². The Morgan fingerprint density at radius 3 is 2.50 bits per heavy atom. The highest BCUT2D eigenvalue weighted by Gasteiger charge is 2.22. The van der Waals surface area contributed by atoms with E-state index < -0.39 is 0 Å². The smallest absolute Gasteiger partial charge is 0.0628 e. The Kier molecular flexibility index (Phi) is 5.38. The lowest BCUT2D eigenvalue weighted by Gasteiger charge is -2.34. The van der Waals surface area contributed by atoms with Gasteiger partial charge in [0, 0.05) is 26.2 Å². The standard InChI is InChI=1S/C16H20N2O.ClH/c19-12-16(18-10-8-17-9-11-18)15-7-3-5-13-4-1-2-6-14(13)15;/h1-7,16-17,19H,8-12H2;1H/t16-;/m1./s1. The van der Waals surface area contributed by atoms with Gasteiger partial charge in [0.25, 0.3) is 0 Å². The Bertz CT molecular complexity index is 550. The van der Waals surface area contributed by atoms with E-state index in [1.807, 2.05) is 0 Å². The number of benzene rings is 2. The number of rotatable bonds is 3. The molecule has 1 saturated heterocycles. The Hall–Kier alpha value is -1.13. The highest BCUT2D eigenvalue weighted by molar-refractivity contribution is 5.86. The maximum absolute atomic E-state index is 9.83. The van der Waals surface area contributed by atoms with Gasteiger partial charge in [0.1, 0.15) is 0 Å². The first-order chi connectivity index (χ1) is 9.40. The van der Waals surface area contributed by atoms with Crippen LogP contribution in [0.1, 0.15) is 11.6 Å². The van der Waals surface area contributed by atoms with Gasteiger partial charge < -0.3 is 10.4 Å². The van der Waals surface area contributed by atoms with E-state index in [1.165, 1.54) is 16.3 Å². The molecule has 0 aliphatic carbocycles. The van der Waals surface area contributed by atoms with Crippen LogP contribution in [-0.2, 0) is 0 Å². The van der Waals surface area contributed by atoms with Gasteiger partial charge in [0.05, 0.1) is 12.6 Å². The molecule has 1 aliphatic rings. The number of nitrogens with zero attached hydrogens (tertiary/aromatic N) is 1. The highest BCUT2D eigenvalue weighted by Crippen LogP contribution is 2.28. The lowest BCUT2D eigenvalue weighted by Crippen LogP contribution is -2.46. The fraction of sp³-hybridized carbons (Fsp3) is 0.375. The quantitative estimate of drug-likeness (QED) is 0.910. The third kappa shape index (κ3) is 2.96. The van der Waals surface area contributed by atoms with Gasteiger partial charge in [0.2, 0.25) is 0 Å². The molecule has 0 amide bonds. The number of aliphatic hydroxyl groups excluding tert-OH is 1. The summed E-state index contributed by atoms with van der Waals surface area (Å²) in [6.45, 7) is 4.17. The first kappa shape index (κ1) is 15.3. The van der Waals surface area contributed by atoms with E-state index in [-0.39, 0.29) is 25.1 Å². The van der Waals surface area contributed by atoms with Crippen molar-refractivity contribution in [3.8, 4) is 0 Å². The van der Waals surface area contributed by atoms with Gasteiger partial charge in [-0.2, -0.15) is 0 Å². The second kappa shape index (κ2) is 7.04. The van der Waals surface area contributed by atoms with Crippen molar-refractivity contribution in [2.45, 2.75) is 6.04 Å². The molecule has 3 rings (SSSR count). The summed E-state index contributed by atoms with van der Waals surface area (Å²) < 4.78 is 0. The summed E-state index contributed by atoms with van der Waals surface area (Å²) in [5.74, 6) is 0. The van der Waals surface area contributed by atoms with Crippen molar-refractivity contribution in [3.05, 3.63) is 48.0 Å². The Morgan fingerprint density at radius 1 is 1.05 bits per heavy atom. The summed E-state index contributed by atoms with van der Waals surface area (Å²) >= 11 is 0. The van der Waals surface area contributed by atoms with Crippen molar-refractivity contribution in [2.75, 3.05) is 32.8 Å². The van der Waals surface area contributed by atoms with E-state index >= 15 is 0 Å². The number of halogens is 1. The van der Waals surface area contributed by atoms with Crippen LogP contribution in [0.25, 0.3) is 10.8 Å². The second-order valence-electron chi connectivity index (χ2n) is 5.05. The Balaban J connectivity index is 0.00000147. The van der Waals surface area contributed by atoms with Gasteiger partial charge in [-0.1, -0.05) is 42.5 Å². The number of nitrogens with one attached hydrogen (secondary N) is 1. The normalized spacial score (nSPS) is 17.6. The van der Waals surface area contributed by atoms with E-state index in [9.17, 15) is 5.11 Å². The minimum atomic E-state index is 0. The lowest BCUT2D eigenvalue weighted by molar-refractivity contribution is 0.111. The molecular weight excluding hydrogens is 272 g/mol. The van der Waals surface area contributed by atoms with E-state index in [0.29, 0.717) is 0 Å². The molecule has 1 heterocycles. The van der Waals surface area contributed by atoms with Crippen molar-refractivity contribution in [3.63, 3.8) is 0 Å². The maximum atomic E-state index is 9.83. The third-order valence-electron chi connectivity index (χ3n) is 3.95. The summed E-state index contributed by atoms with van der Waals surface area (Å²) in [4.78, 5) is 2.37. The monoisotopic (exact) mass is 292 g/mol. The molecule has 3 nitrogen and oxygen atoms in total. The zero-order valence-electron chi connectivity index (χ0n) is 11.5. The second-order valence-corrected chi connectivity index (χ2v) is 5.05. The Labute approximate surface area is 126 Å². The average Bonchev–Trinajstić information content (AvgIpc) is 2.49. The minimum Gasteiger partial charge on any atom is -0.394 e. The predicted octanol–water partition coefficient (Wildman–Crippen LogP) is 2.20. The summed E-state index contributed by atoms with van der Waals surface area (Å²) in [7, 11) is 0. The third-order valence-corrected chi connectivity index (χ3v) is 3.95. The molecule has 1 aliphatic heterocycles. The van der Waals surface area contributed by atoms with Gasteiger partial charge >= 0.3 is 0 Å². The molecule has 2 N–H and O–H groups in total. The van der Waals surface area contributed by atoms with Crippen LogP contribution in [0.2, 0.25) is 0 Å². The van der Waals surface area contributed by atoms with Crippen LogP contribution in [0.5, 0.6) is 0 Å². The number of aliphatic hydroxyl groups is 1. The van der Waals surface area contributed by atoms with Crippen molar-refractivity contribution < 1.29 is 5.11 Å². The number of piperazine rings is 1. The molecule has 0 spiro atoms. The molecule has 1 atom stereocenters. The van der Waals surface area contributed by atoms with Gasteiger partial charge in [-0.15, -0.1) is 12.4 Å². The largest absolute Gasteiger partial charge is 0.394 e. The van der Waals surface area contributed by atoms with Crippen LogP contribution in [-0.4, -0.2) is 42.8 Å². The molecular formula is C16H21ClN2O. The molecule has 0 radical (unpaired) electrons. The first-order valence-corrected chi connectivity index (χ1v) is 6.93. The van der Waals surface area contributed by atoms with Gasteiger partial charge in [-0.25, -0.2) is 0 Å². The van der Waals surface area contributed by atoms with Crippen LogP contribution < -0.4 is 5.32 Å². The molecule has 20 heavy (non-hydrogen) atoms. The molecule has 1 fully saturated rings. The van der Waals surface area contributed by atoms with Gasteiger partial charge in [0.15, 0.2) is 0 Å². The number of hydrogen-bond donors (Lipinski definition) is 2. The first-order valence-electron chi connectivity index (χ1n) is 6.93. The minimum absolute atomic E-state index is 0. The van der Waals surface area contributed by atoms with Crippen molar-refractivity contribution >= 4 is 23.2 Å². The maximum Gasteiger partial charge on any atom is 0.0628 e. The van der Waals surface area contributed by atoms with Crippen LogP contribution >= 0.6 is 12.4 Å². The molecule has 4 heteroatoms. The average molecular weight is 293 g/mol. The van der Waals surface area contributed by atoms with Crippen LogP contribution in [0.3, 0.4) is 0 Å². The van der Waals surface area contributed by atoms with Crippen molar-refractivity contribution in [1.82, 2.24) is 10.2 Å². The van der Waals surface area contributed by atoms with Crippen molar-refractivity contribution in [1.29, 1.82) is 0 Å². The van der Waals surface area contributed by atoms with Crippen molar-refractivity contribution in [2.24, 2.45) is 0 Å². The van der Waals surface area contributed by atoms with Crippen LogP contribution in [0.15, 0.2) is 42.5 Å². The topological polar surface area (TPSA) is 35.5 Å². The van der Waals surface area contributed by atoms with Crippen LogP contribution in [0, 0.1) is 0 Å². The molecule has 2 aromatic rings. The van der Waals surface area contributed by atoms with Crippen LogP contribution in [0.4, 0.5) is 0 Å². The Morgan fingerprint density at radius 2 is 1.75 bits per heavy atom.